The maximum absolute atomic E-state index is 5.49. The lowest BCUT2D eigenvalue weighted by Crippen LogP contribution is -1.98. The molecule has 6 heteroatoms. The fourth-order valence-corrected chi connectivity index (χ4v) is 2.04. The van der Waals surface area contributed by atoms with Crippen molar-refractivity contribution in [2.75, 3.05) is 0 Å². The quantitative estimate of drug-likeness (QED) is 0.828. The average molecular weight is 223 g/mol. The molecule has 15 heavy (non-hydrogen) atoms. The Labute approximate surface area is 91.9 Å². The molecule has 0 amide bonds. The minimum atomic E-state index is 0.427. The van der Waals surface area contributed by atoms with Crippen LogP contribution in [0.1, 0.15) is 22.0 Å². The summed E-state index contributed by atoms with van der Waals surface area (Å²) in [5.41, 5.74) is 8.82. The van der Waals surface area contributed by atoms with E-state index in [0.29, 0.717) is 6.54 Å². The molecule has 0 bridgehead atoms. The summed E-state index contributed by atoms with van der Waals surface area (Å²) in [5.74, 6) is 0. The van der Waals surface area contributed by atoms with E-state index in [4.69, 9.17) is 5.73 Å². The maximum Gasteiger partial charge on any atom is 0.233 e. The first-order valence-corrected chi connectivity index (χ1v) is 5.50. The van der Waals surface area contributed by atoms with Gasteiger partial charge >= 0.3 is 0 Å². The minimum Gasteiger partial charge on any atom is -0.324 e. The lowest BCUT2D eigenvalue weighted by Gasteiger charge is -1.96. The SMILES string of the molecule is Cc1nn(-c2nnc(CN)s2)c(C)c1C. The minimum absolute atomic E-state index is 0.427. The van der Waals surface area contributed by atoms with Gasteiger partial charge in [0.05, 0.1) is 5.69 Å². The molecular formula is C9H13N5S. The van der Waals surface area contributed by atoms with Crippen LogP contribution in [0.25, 0.3) is 5.13 Å². The molecular weight excluding hydrogens is 210 g/mol. The molecule has 0 aliphatic carbocycles. The van der Waals surface area contributed by atoms with E-state index in [-0.39, 0.29) is 0 Å². The van der Waals surface area contributed by atoms with Crippen LogP contribution in [-0.4, -0.2) is 20.0 Å². The number of hydrogen-bond donors (Lipinski definition) is 1. The zero-order valence-corrected chi connectivity index (χ0v) is 9.80. The molecule has 0 aliphatic rings. The van der Waals surface area contributed by atoms with Gasteiger partial charge in [0, 0.05) is 12.2 Å². The molecule has 0 aromatic carbocycles. The number of aryl methyl sites for hydroxylation is 1. The molecule has 0 spiro atoms. The fourth-order valence-electron chi connectivity index (χ4n) is 1.32. The van der Waals surface area contributed by atoms with E-state index < -0.39 is 0 Å². The van der Waals surface area contributed by atoms with Gasteiger partial charge in [-0.25, -0.2) is 4.68 Å². The number of aromatic nitrogens is 4. The van der Waals surface area contributed by atoms with Crippen molar-refractivity contribution in [1.29, 1.82) is 0 Å². The maximum atomic E-state index is 5.49. The van der Waals surface area contributed by atoms with Crippen molar-refractivity contribution < 1.29 is 0 Å². The summed E-state index contributed by atoms with van der Waals surface area (Å²) in [7, 11) is 0. The van der Waals surface area contributed by atoms with Crippen molar-refractivity contribution in [3.05, 3.63) is 22.0 Å². The second-order valence-electron chi connectivity index (χ2n) is 3.39. The highest BCUT2D eigenvalue weighted by Gasteiger charge is 2.12. The predicted molar refractivity (Wildman–Crippen MR) is 59.1 cm³/mol. The zero-order valence-electron chi connectivity index (χ0n) is 8.98. The molecule has 2 N–H and O–H groups in total. The Hall–Kier alpha value is -1.27. The Morgan fingerprint density at radius 1 is 1.27 bits per heavy atom. The molecule has 0 unspecified atom stereocenters. The largest absolute Gasteiger partial charge is 0.324 e. The summed E-state index contributed by atoms with van der Waals surface area (Å²) in [6, 6.07) is 0. The molecule has 2 aromatic rings. The lowest BCUT2D eigenvalue weighted by atomic mass is 10.2. The van der Waals surface area contributed by atoms with Gasteiger partial charge < -0.3 is 5.73 Å². The fraction of sp³-hybridized carbons (Fsp3) is 0.444. The number of rotatable bonds is 2. The van der Waals surface area contributed by atoms with Gasteiger partial charge in [0.1, 0.15) is 5.01 Å². The van der Waals surface area contributed by atoms with Gasteiger partial charge in [-0.2, -0.15) is 5.10 Å². The molecule has 0 saturated heterocycles. The van der Waals surface area contributed by atoms with Crippen LogP contribution in [0.4, 0.5) is 0 Å². The average Bonchev–Trinajstić information content (AvgIpc) is 2.79. The third-order valence-electron chi connectivity index (χ3n) is 2.47. The number of hydrogen-bond acceptors (Lipinski definition) is 5. The van der Waals surface area contributed by atoms with E-state index in [1.165, 1.54) is 16.9 Å². The highest BCUT2D eigenvalue weighted by Crippen LogP contribution is 2.19. The van der Waals surface area contributed by atoms with Gasteiger partial charge in [-0.15, -0.1) is 10.2 Å². The molecule has 2 heterocycles. The van der Waals surface area contributed by atoms with Gasteiger partial charge in [0.2, 0.25) is 5.13 Å². The first-order valence-electron chi connectivity index (χ1n) is 4.69. The summed E-state index contributed by atoms with van der Waals surface area (Å²) in [6.45, 7) is 6.50. The zero-order chi connectivity index (χ0) is 11.0. The van der Waals surface area contributed by atoms with E-state index in [0.717, 1.165) is 21.5 Å². The first kappa shape index (κ1) is 10.3. The summed E-state index contributed by atoms with van der Waals surface area (Å²) in [4.78, 5) is 0. The predicted octanol–water partition coefficient (Wildman–Crippen LogP) is 1.11. The summed E-state index contributed by atoms with van der Waals surface area (Å²) in [6.07, 6.45) is 0. The third-order valence-corrected chi connectivity index (χ3v) is 3.39. The molecule has 2 aromatic heterocycles. The van der Waals surface area contributed by atoms with Crippen LogP contribution in [0.5, 0.6) is 0 Å². The van der Waals surface area contributed by atoms with Crippen LogP contribution < -0.4 is 5.73 Å². The Bertz CT molecular complexity index is 485. The van der Waals surface area contributed by atoms with Crippen LogP contribution >= 0.6 is 11.3 Å². The van der Waals surface area contributed by atoms with Crippen molar-refractivity contribution >= 4 is 11.3 Å². The molecule has 0 saturated carbocycles. The Morgan fingerprint density at radius 2 is 2.00 bits per heavy atom. The molecule has 0 aliphatic heterocycles. The summed E-state index contributed by atoms with van der Waals surface area (Å²) < 4.78 is 1.82. The molecule has 0 radical (unpaired) electrons. The number of nitrogens with two attached hydrogens (primary N) is 1. The van der Waals surface area contributed by atoms with Crippen LogP contribution in [0.3, 0.4) is 0 Å². The van der Waals surface area contributed by atoms with Crippen molar-refractivity contribution in [3.8, 4) is 5.13 Å². The Kier molecular flexibility index (Phi) is 2.54. The monoisotopic (exact) mass is 223 g/mol. The van der Waals surface area contributed by atoms with E-state index in [1.807, 2.05) is 18.5 Å². The summed E-state index contributed by atoms with van der Waals surface area (Å²) in [5, 5.41) is 14.1. The van der Waals surface area contributed by atoms with Gasteiger partial charge in [0.25, 0.3) is 0 Å². The van der Waals surface area contributed by atoms with Crippen molar-refractivity contribution in [2.24, 2.45) is 5.73 Å². The Morgan fingerprint density at radius 3 is 2.47 bits per heavy atom. The van der Waals surface area contributed by atoms with Crippen LogP contribution in [0, 0.1) is 20.8 Å². The van der Waals surface area contributed by atoms with Gasteiger partial charge in [-0.1, -0.05) is 11.3 Å². The van der Waals surface area contributed by atoms with E-state index in [2.05, 4.69) is 22.2 Å². The Balaban J connectivity index is 2.49. The standard InChI is InChI=1S/C9H13N5S/c1-5-6(2)13-14(7(5)3)9-12-11-8(4-10)15-9/h4,10H2,1-3H3. The second kappa shape index (κ2) is 3.71. The normalized spacial score (nSPS) is 10.9. The van der Waals surface area contributed by atoms with Crippen molar-refractivity contribution in [3.63, 3.8) is 0 Å². The van der Waals surface area contributed by atoms with Gasteiger partial charge in [0.15, 0.2) is 0 Å². The number of nitrogens with zero attached hydrogens (tertiary/aromatic N) is 4. The molecule has 2 rings (SSSR count). The lowest BCUT2D eigenvalue weighted by molar-refractivity contribution is 0.803. The molecule has 5 nitrogen and oxygen atoms in total. The van der Waals surface area contributed by atoms with Crippen LogP contribution in [0.15, 0.2) is 0 Å². The molecule has 80 valence electrons. The topological polar surface area (TPSA) is 69.6 Å². The third kappa shape index (κ3) is 1.66. The van der Waals surface area contributed by atoms with Crippen LogP contribution in [0.2, 0.25) is 0 Å². The van der Waals surface area contributed by atoms with E-state index >= 15 is 0 Å². The molecule has 0 atom stereocenters. The first-order chi connectivity index (χ1) is 7.13. The highest BCUT2D eigenvalue weighted by molar-refractivity contribution is 7.13. The van der Waals surface area contributed by atoms with Gasteiger partial charge in [-0.05, 0) is 26.3 Å². The van der Waals surface area contributed by atoms with E-state index in [9.17, 15) is 0 Å². The van der Waals surface area contributed by atoms with Crippen molar-refractivity contribution in [2.45, 2.75) is 27.3 Å². The van der Waals surface area contributed by atoms with Gasteiger partial charge in [-0.3, -0.25) is 0 Å². The van der Waals surface area contributed by atoms with Crippen LogP contribution in [-0.2, 0) is 6.54 Å². The second-order valence-corrected chi connectivity index (χ2v) is 4.43. The smallest absolute Gasteiger partial charge is 0.233 e. The molecule has 0 fully saturated rings. The van der Waals surface area contributed by atoms with E-state index in [1.54, 1.807) is 0 Å². The van der Waals surface area contributed by atoms with Crippen molar-refractivity contribution in [1.82, 2.24) is 20.0 Å². The summed E-state index contributed by atoms with van der Waals surface area (Å²) >= 11 is 1.48. The highest BCUT2D eigenvalue weighted by atomic mass is 32.1.